The van der Waals surface area contributed by atoms with Gasteiger partial charge in [-0.05, 0) is 33.2 Å². The first-order valence-corrected chi connectivity index (χ1v) is 5.87. The monoisotopic (exact) mass is 246 g/mol. The van der Waals surface area contributed by atoms with Crippen LogP contribution in [0, 0.1) is 6.92 Å². The molecule has 1 atom stereocenters. The van der Waals surface area contributed by atoms with E-state index in [1.54, 1.807) is 0 Å². The predicted octanol–water partition coefficient (Wildman–Crippen LogP) is 1.61. The lowest BCUT2D eigenvalue weighted by atomic mass is 10.1. The Morgan fingerprint density at radius 1 is 1.39 bits per heavy atom. The molecule has 0 aliphatic heterocycles. The fraction of sp³-hybridized carbons (Fsp3) is 0.385. The third-order valence-electron chi connectivity index (χ3n) is 2.60. The molecule has 0 amide bonds. The average molecular weight is 246 g/mol. The summed E-state index contributed by atoms with van der Waals surface area (Å²) in [7, 11) is 3.92. The zero-order chi connectivity index (χ0) is 13.1. The molecular formula is C13H18N4O. The van der Waals surface area contributed by atoms with Crippen molar-refractivity contribution in [3.8, 4) is 11.5 Å². The minimum absolute atomic E-state index is 0.234. The standard InChI is InChI=1S/C13H18N4O/c1-9-5-4-6-10(7-9)13-15-12(16-18-13)11(14)8-17(2)3/h4-7,11H,8,14H2,1-3H3. The summed E-state index contributed by atoms with van der Waals surface area (Å²) < 4.78 is 5.25. The highest BCUT2D eigenvalue weighted by Crippen LogP contribution is 2.19. The minimum atomic E-state index is -0.234. The molecule has 1 aromatic carbocycles. The van der Waals surface area contributed by atoms with Gasteiger partial charge in [-0.2, -0.15) is 4.98 Å². The van der Waals surface area contributed by atoms with Crippen LogP contribution in [0.1, 0.15) is 17.4 Å². The predicted molar refractivity (Wildman–Crippen MR) is 70.0 cm³/mol. The van der Waals surface area contributed by atoms with E-state index in [0.717, 1.165) is 11.1 Å². The van der Waals surface area contributed by atoms with E-state index in [1.165, 1.54) is 0 Å². The maximum Gasteiger partial charge on any atom is 0.257 e. The van der Waals surface area contributed by atoms with Crippen LogP contribution in [0.5, 0.6) is 0 Å². The molecule has 1 unspecified atom stereocenters. The number of aryl methyl sites for hydroxylation is 1. The number of rotatable bonds is 4. The second-order valence-electron chi connectivity index (χ2n) is 4.70. The van der Waals surface area contributed by atoms with E-state index in [4.69, 9.17) is 10.3 Å². The highest BCUT2D eigenvalue weighted by molar-refractivity contribution is 5.53. The first-order valence-electron chi connectivity index (χ1n) is 5.87. The number of hydrogen-bond acceptors (Lipinski definition) is 5. The Bertz CT molecular complexity index is 521. The zero-order valence-electron chi connectivity index (χ0n) is 10.9. The molecule has 1 heterocycles. The van der Waals surface area contributed by atoms with Crippen LogP contribution in [-0.4, -0.2) is 35.7 Å². The second-order valence-corrected chi connectivity index (χ2v) is 4.70. The van der Waals surface area contributed by atoms with Crippen molar-refractivity contribution in [1.82, 2.24) is 15.0 Å². The van der Waals surface area contributed by atoms with Gasteiger partial charge >= 0.3 is 0 Å². The summed E-state index contributed by atoms with van der Waals surface area (Å²) in [6.07, 6.45) is 0. The lowest BCUT2D eigenvalue weighted by Gasteiger charge is -2.12. The van der Waals surface area contributed by atoms with E-state index in [9.17, 15) is 0 Å². The minimum Gasteiger partial charge on any atom is -0.334 e. The first kappa shape index (κ1) is 12.7. The largest absolute Gasteiger partial charge is 0.334 e. The van der Waals surface area contributed by atoms with Gasteiger partial charge in [0.15, 0.2) is 5.82 Å². The number of nitrogens with zero attached hydrogens (tertiary/aromatic N) is 3. The number of nitrogens with two attached hydrogens (primary N) is 1. The molecule has 0 aliphatic carbocycles. The fourth-order valence-corrected chi connectivity index (χ4v) is 1.76. The van der Waals surface area contributed by atoms with Crippen molar-refractivity contribution in [3.05, 3.63) is 35.7 Å². The molecule has 0 bridgehead atoms. The van der Waals surface area contributed by atoms with Crippen molar-refractivity contribution < 1.29 is 4.52 Å². The van der Waals surface area contributed by atoms with E-state index < -0.39 is 0 Å². The molecule has 5 nitrogen and oxygen atoms in total. The SMILES string of the molecule is Cc1cccc(-c2nc(C(N)CN(C)C)no2)c1. The van der Waals surface area contributed by atoms with E-state index in [-0.39, 0.29) is 6.04 Å². The molecule has 0 saturated heterocycles. The van der Waals surface area contributed by atoms with Gasteiger partial charge in [0.25, 0.3) is 5.89 Å². The highest BCUT2D eigenvalue weighted by atomic mass is 16.5. The molecule has 0 saturated carbocycles. The van der Waals surface area contributed by atoms with Crippen molar-refractivity contribution in [1.29, 1.82) is 0 Å². The molecule has 18 heavy (non-hydrogen) atoms. The Morgan fingerprint density at radius 3 is 2.83 bits per heavy atom. The summed E-state index contributed by atoms with van der Waals surface area (Å²) in [4.78, 5) is 6.34. The summed E-state index contributed by atoms with van der Waals surface area (Å²) in [6.45, 7) is 2.71. The van der Waals surface area contributed by atoms with E-state index in [1.807, 2.05) is 50.2 Å². The third-order valence-corrected chi connectivity index (χ3v) is 2.60. The van der Waals surface area contributed by atoms with Crippen LogP contribution in [0.2, 0.25) is 0 Å². The summed E-state index contributed by atoms with van der Waals surface area (Å²) >= 11 is 0. The lowest BCUT2D eigenvalue weighted by molar-refractivity contribution is 0.357. The Labute approximate surface area is 107 Å². The Morgan fingerprint density at radius 2 is 2.17 bits per heavy atom. The van der Waals surface area contributed by atoms with Crippen molar-refractivity contribution in [3.63, 3.8) is 0 Å². The third kappa shape index (κ3) is 2.94. The van der Waals surface area contributed by atoms with E-state index in [2.05, 4.69) is 10.1 Å². The van der Waals surface area contributed by atoms with Gasteiger partial charge in [0, 0.05) is 12.1 Å². The normalized spacial score (nSPS) is 12.9. The van der Waals surface area contributed by atoms with Crippen LogP contribution in [0.25, 0.3) is 11.5 Å². The smallest absolute Gasteiger partial charge is 0.257 e. The summed E-state index contributed by atoms with van der Waals surface area (Å²) in [6, 6.07) is 7.71. The molecule has 2 N–H and O–H groups in total. The van der Waals surface area contributed by atoms with Gasteiger partial charge in [-0.15, -0.1) is 0 Å². The van der Waals surface area contributed by atoms with Gasteiger partial charge in [-0.1, -0.05) is 22.9 Å². The van der Waals surface area contributed by atoms with Gasteiger partial charge in [-0.3, -0.25) is 0 Å². The number of hydrogen-bond donors (Lipinski definition) is 1. The van der Waals surface area contributed by atoms with E-state index >= 15 is 0 Å². The fourth-order valence-electron chi connectivity index (χ4n) is 1.76. The molecular weight excluding hydrogens is 228 g/mol. The molecule has 0 fully saturated rings. The second kappa shape index (κ2) is 5.29. The molecule has 96 valence electrons. The van der Waals surface area contributed by atoms with Crippen LogP contribution >= 0.6 is 0 Å². The maximum absolute atomic E-state index is 5.99. The van der Waals surface area contributed by atoms with Gasteiger partial charge in [0.2, 0.25) is 0 Å². The Balaban J connectivity index is 2.20. The zero-order valence-corrected chi connectivity index (χ0v) is 10.9. The highest BCUT2D eigenvalue weighted by Gasteiger charge is 2.15. The van der Waals surface area contributed by atoms with E-state index in [0.29, 0.717) is 18.3 Å². The molecule has 2 rings (SSSR count). The van der Waals surface area contributed by atoms with Crippen molar-refractivity contribution >= 4 is 0 Å². The van der Waals surface area contributed by atoms with Crippen LogP contribution in [0.4, 0.5) is 0 Å². The Kier molecular flexibility index (Phi) is 3.74. The maximum atomic E-state index is 5.99. The molecule has 0 radical (unpaired) electrons. The quantitative estimate of drug-likeness (QED) is 0.887. The molecule has 0 aliphatic rings. The van der Waals surface area contributed by atoms with Crippen LogP contribution in [0.3, 0.4) is 0 Å². The average Bonchev–Trinajstić information content (AvgIpc) is 2.77. The topological polar surface area (TPSA) is 68.2 Å². The number of aromatic nitrogens is 2. The number of benzene rings is 1. The molecule has 0 spiro atoms. The molecule has 5 heteroatoms. The van der Waals surface area contributed by atoms with Gasteiger partial charge in [0.1, 0.15) is 0 Å². The van der Waals surface area contributed by atoms with Crippen molar-refractivity contribution in [2.24, 2.45) is 5.73 Å². The van der Waals surface area contributed by atoms with Crippen LogP contribution in [0.15, 0.2) is 28.8 Å². The van der Waals surface area contributed by atoms with Gasteiger partial charge < -0.3 is 15.2 Å². The summed E-state index contributed by atoms with van der Waals surface area (Å²) in [5.41, 5.74) is 8.07. The van der Waals surface area contributed by atoms with Gasteiger partial charge in [0.05, 0.1) is 6.04 Å². The summed E-state index contributed by atoms with van der Waals surface area (Å²) in [5, 5.41) is 3.94. The molecule has 2 aromatic rings. The Hall–Kier alpha value is -1.72. The lowest BCUT2D eigenvalue weighted by Crippen LogP contribution is -2.26. The summed E-state index contributed by atoms with van der Waals surface area (Å²) in [5.74, 6) is 1.06. The van der Waals surface area contributed by atoms with Gasteiger partial charge in [-0.25, -0.2) is 0 Å². The van der Waals surface area contributed by atoms with Crippen molar-refractivity contribution in [2.45, 2.75) is 13.0 Å². The van der Waals surface area contributed by atoms with Crippen LogP contribution < -0.4 is 5.73 Å². The van der Waals surface area contributed by atoms with Crippen molar-refractivity contribution in [2.75, 3.05) is 20.6 Å². The van der Waals surface area contributed by atoms with Crippen LogP contribution in [-0.2, 0) is 0 Å². The number of likely N-dealkylation sites (N-methyl/N-ethyl adjacent to an activating group) is 1. The first-order chi connectivity index (χ1) is 8.56. The molecule has 1 aromatic heterocycles.